The first kappa shape index (κ1) is 13.4. The Balaban J connectivity index is 2.17. The van der Waals surface area contributed by atoms with Crippen molar-refractivity contribution in [3.05, 3.63) is 34.9 Å². The van der Waals surface area contributed by atoms with Crippen LogP contribution < -0.4 is 15.4 Å². The van der Waals surface area contributed by atoms with Crippen LogP contribution in [0.1, 0.15) is 5.56 Å². The number of ether oxygens (including phenoxy) is 1. The number of hydrogen-bond donors (Lipinski definition) is 1. The minimum atomic E-state index is 0.129. The molecule has 0 unspecified atom stereocenters. The molecule has 2 aromatic rings. The molecule has 0 saturated heterocycles. The Hall–Kier alpha value is -2.08. The summed E-state index contributed by atoms with van der Waals surface area (Å²) >= 11 is 5.85. The maximum atomic E-state index is 5.85. The largest absolute Gasteiger partial charge is 0.467 e. The molecule has 0 radical (unpaired) electrons. The molecule has 1 aromatic carbocycles. The van der Waals surface area contributed by atoms with E-state index in [1.54, 1.807) is 0 Å². The summed E-state index contributed by atoms with van der Waals surface area (Å²) in [6.45, 7) is 0.629. The molecular weight excluding hydrogens is 266 g/mol. The lowest BCUT2D eigenvalue weighted by atomic mass is 10.2. The van der Waals surface area contributed by atoms with Crippen molar-refractivity contribution in [2.75, 3.05) is 24.8 Å². The fourth-order valence-corrected chi connectivity index (χ4v) is 1.68. The van der Waals surface area contributed by atoms with Crippen molar-refractivity contribution < 1.29 is 4.74 Å². The van der Waals surface area contributed by atoms with E-state index in [1.165, 1.54) is 7.11 Å². The summed E-state index contributed by atoms with van der Waals surface area (Å²) in [5, 5.41) is 0.706. The summed E-state index contributed by atoms with van der Waals surface area (Å²) in [6.07, 6.45) is 0. The molecule has 0 aliphatic rings. The summed E-state index contributed by atoms with van der Waals surface area (Å²) in [7, 11) is 3.35. The molecule has 0 bridgehead atoms. The minimum Gasteiger partial charge on any atom is -0.467 e. The van der Waals surface area contributed by atoms with Crippen molar-refractivity contribution in [3.8, 4) is 6.01 Å². The molecule has 7 heteroatoms. The molecule has 0 atom stereocenters. The number of benzene rings is 1. The number of hydrogen-bond acceptors (Lipinski definition) is 6. The topological polar surface area (TPSA) is 77.2 Å². The standard InChI is InChI=1S/C12H14ClN5O/c1-18(7-8-3-5-9(13)6-4-8)11-15-10(14)16-12(17-11)19-2/h3-6H,7H2,1-2H3,(H2,14,15,16,17). The van der Waals surface area contributed by atoms with Gasteiger partial charge in [-0.15, -0.1) is 0 Å². The average Bonchev–Trinajstić information content (AvgIpc) is 2.40. The van der Waals surface area contributed by atoms with E-state index in [0.717, 1.165) is 5.56 Å². The van der Waals surface area contributed by atoms with Gasteiger partial charge in [-0.05, 0) is 17.7 Å². The highest BCUT2D eigenvalue weighted by atomic mass is 35.5. The second-order valence-electron chi connectivity index (χ2n) is 3.96. The fourth-order valence-electron chi connectivity index (χ4n) is 1.56. The van der Waals surface area contributed by atoms with Crippen LogP contribution in [-0.4, -0.2) is 29.1 Å². The van der Waals surface area contributed by atoms with Gasteiger partial charge in [-0.25, -0.2) is 0 Å². The van der Waals surface area contributed by atoms with Crippen molar-refractivity contribution >= 4 is 23.5 Å². The van der Waals surface area contributed by atoms with Gasteiger partial charge in [-0.1, -0.05) is 23.7 Å². The fraction of sp³-hybridized carbons (Fsp3) is 0.250. The van der Waals surface area contributed by atoms with Crippen LogP contribution >= 0.6 is 11.6 Å². The third-order valence-electron chi connectivity index (χ3n) is 2.48. The van der Waals surface area contributed by atoms with Gasteiger partial charge in [0.15, 0.2) is 0 Å². The average molecular weight is 280 g/mol. The zero-order valence-corrected chi connectivity index (χ0v) is 11.4. The van der Waals surface area contributed by atoms with Crippen LogP contribution in [0.15, 0.2) is 24.3 Å². The van der Waals surface area contributed by atoms with Gasteiger partial charge >= 0.3 is 6.01 Å². The molecule has 0 fully saturated rings. The van der Waals surface area contributed by atoms with Gasteiger partial charge in [-0.3, -0.25) is 0 Å². The summed E-state index contributed by atoms with van der Waals surface area (Å²) in [6, 6.07) is 7.77. The maximum absolute atomic E-state index is 5.85. The molecule has 1 heterocycles. The lowest BCUT2D eigenvalue weighted by Gasteiger charge is -2.17. The Morgan fingerprint density at radius 2 is 1.89 bits per heavy atom. The van der Waals surface area contributed by atoms with Crippen molar-refractivity contribution in [3.63, 3.8) is 0 Å². The Morgan fingerprint density at radius 1 is 1.21 bits per heavy atom. The van der Waals surface area contributed by atoms with Gasteiger partial charge in [0.1, 0.15) is 0 Å². The molecular formula is C12H14ClN5O. The van der Waals surface area contributed by atoms with Crippen LogP contribution in [-0.2, 0) is 6.54 Å². The number of nitrogens with zero attached hydrogens (tertiary/aromatic N) is 4. The van der Waals surface area contributed by atoms with Crippen LogP contribution in [0.2, 0.25) is 5.02 Å². The molecule has 100 valence electrons. The van der Waals surface area contributed by atoms with E-state index in [0.29, 0.717) is 17.5 Å². The van der Waals surface area contributed by atoms with E-state index in [2.05, 4.69) is 15.0 Å². The van der Waals surface area contributed by atoms with E-state index in [9.17, 15) is 0 Å². The van der Waals surface area contributed by atoms with Crippen molar-refractivity contribution in [1.29, 1.82) is 0 Å². The number of nitrogens with two attached hydrogens (primary N) is 1. The number of halogens is 1. The predicted molar refractivity (Wildman–Crippen MR) is 74.4 cm³/mol. The highest BCUT2D eigenvalue weighted by molar-refractivity contribution is 6.30. The second kappa shape index (κ2) is 5.71. The van der Waals surface area contributed by atoms with Gasteiger partial charge in [0.05, 0.1) is 7.11 Å². The monoisotopic (exact) mass is 279 g/mol. The number of anilines is 2. The normalized spacial score (nSPS) is 10.3. The molecule has 0 saturated carbocycles. The third kappa shape index (κ3) is 3.45. The van der Waals surface area contributed by atoms with Crippen LogP contribution in [0.25, 0.3) is 0 Å². The van der Waals surface area contributed by atoms with Crippen LogP contribution in [0.3, 0.4) is 0 Å². The number of rotatable bonds is 4. The smallest absolute Gasteiger partial charge is 0.322 e. The second-order valence-corrected chi connectivity index (χ2v) is 4.40. The molecule has 2 N–H and O–H groups in total. The molecule has 0 amide bonds. The molecule has 0 spiro atoms. The van der Waals surface area contributed by atoms with E-state index in [1.807, 2.05) is 36.2 Å². The Labute approximate surface area is 116 Å². The van der Waals surface area contributed by atoms with Crippen molar-refractivity contribution in [2.24, 2.45) is 0 Å². The number of aromatic nitrogens is 3. The van der Waals surface area contributed by atoms with Gasteiger partial charge in [-0.2, -0.15) is 15.0 Å². The number of nitrogen functional groups attached to an aromatic ring is 1. The van der Waals surface area contributed by atoms with Crippen LogP contribution in [0, 0.1) is 0 Å². The highest BCUT2D eigenvalue weighted by Crippen LogP contribution is 2.16. The molecule has 0 aliphatic carbocycles. The Bertz CT molecular complexity index is 561. The van der Waals surface area contributed by atoms with Gasteiger partial charge < -0.3 is 15.4 Å². The van der Waals surface area contributed by atoms with Crippen molar-refractivity contribution in [1.82, 2.24) is 15.0 Å². The quantitative estimate of drug-likeness (QED) is 0.919. The first-order chi connectivity index (χ1) is 9.08. The minimum absolute atomic E-state index is 0.129. The maximum Gasteiger partial charge on any atom is 0.322 e. The lowest BCUT2D eigenvalue weighted by Crippen LogP contribution is -2.20. The summed E-state index contributed by atoms with van der Waals surface area (Å²) in [4.78, 5) is 13.9. The molecule has 1 aromatic heterocycles. The number of methoxy groups -OCH3 is 1. The highest BCUT2D eigenvalue weighted by Gasteiger charge is 2.09. The summed E-state index contributed by atoms with van der Waals surface area (Å²) < 4.78 is 4.97. The van der Waals surface area contributed by atoms with Gasteiger partial charge in [0, 0.05) is 18.6 Å². The summed E-state index contributed by atoms with van der Waals surface area (Å²) in [5.74, 6) is 0.587. The molecule has 2 rings (SSSR count). The zero-order chi connectivity index (χ0) is 13.8. The first-order valence-corrected chi connectivity index (χ1v) is 5.97. The van der Waals surface area contributed by atoms with E-state index < -0.39 is 0 Å². The SMILES string of the molecule is COc1nc(N)nc(N(C)Cc2ccc(Cl)cc2)n1. The van der Waals surface area contributed by atoms with E-state index in [-0.39, 0.29) is 12.0 Å². The Kier molecular flexibility index (Phi) is 4.01. The first-order valence-electron chi connectivity index (χ1n) is 5.59. The predicted octanol–water partition coefficient (Wildman–Crippen LogP) is 1.75. The van der Waals surface area contributed by atoms with Gasteiger partial charge in [0.25, 0.3) is 0 Å². The lowest BCUT2D eigenvalue weighted by molar-refractivity contribution is 0.379. The third-order valence-corrected chi connectivity index (χ3v) is 2.73. The van der Waals surface area contributed by atoms with E-state index >= 15 is 0 Å². The van der Waals surface area contributed by atoms with Gasteiger partial charge in [0.2, 0.25) is 11.9 Å². The molecule has 6 nitrogen and oxygen atoms in total. The van der Waals surface area contributed by atoms with E-state index in [4.69, 9.17) is 22.1 Å². The molecule has 0 aliphatic heterocycles. The summed E-state index contributed by atoms with van der Waals surface area (Å²) in [5.41, 5.74) is 6.69. The zero-order valence-electron chi connectivity index (χ0n) is 10.7. The van der Waals surface area contributed by atoms with Crippen molar-refractivity contribution in [2.45, 2.75) is 6.54 Å². The molecule has 19 heavy (non-hydrogen) atoms. The van der Waals surface area contributed by atoms with Crippen LogP contribution in [0.5, 0.6) is 6.01 Å². The van der Waals surface area contributed by atoms with Crippen LogP contribution in [0.4, 0.5) is 11.9 Å². The Morgan fingerprint density at radius 3 is 2.53 bits per heavy atom.